The molecule has 0 saturated heterocycles. The first-order valence-corrected chi connectivity index (χ1v) is 5.39. The molecule has 0 amide bonds. The van der Waals surface area contributed by atoms with Crippen LogP contribution in [-0.4, -0.2) is 16.1 Å². The van der Waals surface area contributed by atoms with Crippen molar-refractivity contribution in [2.24, 2.45) is 5.92 Å². The van der Waals surface area contributed by atoms with E-state index >= 15 is 0 Å². The molecule has 0 saturated carbocycles. The number of nitrogens with zero attached hydrogens (tertiary/aromatic N) is 2. The van der Waals surface area contributed by atoms with Gasteiger partial charge in [-0.25, -0.2) is 0 Å². The van der Waals surface area contributed by atoms with Crippen molar-refractivity contribution in [3.05, 3.63) is 17.5 Å². The third-order valence-electron chi connectivity index (χ3n) is 2.16. The second-order valence-corrected chi connectivity index (χ2v) is 5.36. The van der Waals surface area contributed by atoms with Crippen LogP contribution in [0.25, 0.3) is 0 Å². The number of rotatable bonds is 3. The van der Waals surface area contributed by atoms with Gasteiger partial charge in [0.2, 0.25) is 0 Å². The second kappa shape index (κ2) is 4.17. The van der Waals surface area contributed by atoms with E-state index in [1.807, 2.05) is 26.8 Å². The van der Waals surface area contributed by atoms with Gasteiger partial charge >= 0.3 is 0 Å². The first-order valence-electron chi connectivity index (χ1n) is 5.39. The molecule has 0 N–H and O–H groups in total. The van der Waals surface area contributed by atoms with Crippen LogP contribution in [0.2, 0.25) is 0 Å². The van der Waals surface area contributed by atoms with Crippen molar-refractivity contribution >= 4 is 6.29 Å². The van der Waals surface area contributed by atoms with E-state index < -0.39 is 0 Å². The van der Waals surface area contributed by atoms with Gasteiger partial charge in [0.1, 0.15) is 5.69 Å². The summed E-state index contributed by atoms with van der Waals surface area (Å²) >= 11 is 0. The van der Waals surface area contributed by atoms with Crippen molar-refractivity contribution in [1.82, 2.24) is 9.78 Å². The molecule has 84 valence electrons. The van der Waals surface area contributed by atoms with Crippen LogP contribution in [0.4, 0.5) is 0 Å². The summed E-state index contributed by atoms with van der Waals surface area (Å²) in [5.74, 6) is 0.563. The Morgan fingerprint density at radius 3 is 2.40 bits per heavy atom. The minimum absolute atomic E-state index is 0.133. The van der Waals surface area contributed by atoms with Crippen LogP contribution in [0.5, 0.6) is 0 Å². The third kappa shape index (κ3) is 2.91. The lowest BCUT2D eigenvalue weighted by Crippen LogP contribution is -2.25. The van der Waals surface area contributed by atoms with Crippen molar-refractivity contribution in [2.45, 2.75) is 46.6 Å². The summed E-state index contributed by atoms with van der Waals surface area (Å²) in [6.45, 7) is 10.4. The number of aldehydes is 1. The van der Waals surface area contributed by atoms with Gasteiger partial charge in [-0.3, -0.25) is 9.48 Å². The fourth-order valence-corrected chi connectivity index (χ4v) is 1.59. The maximum atomic E-state index is 10.9. The van der Waals surface area contributed by atoms with Crippen LogP contribution >= 0.6 is 0 Å². The Balaban J connectivity index is 3.06. The Morgan fingerprint density at radius 2 is 2.07 bits per heavy atom. The Labute approximate surface area is 91.5 Å². The number of carbonyl (C=O) groups excluding carboxylic acids is 1. The lowest BCUT2D eigenvalue weighted by Gasteiger charge is -2.20. The van der Waals surface area contributed by atoms with Crippen LogP contribution in [0.1, 0.15) is 50.8 Å². The van der Waals surface area contributed by atoms with E-state index in [0.717, 1.165) is 18.4 Å². The minimum Gasteiger partial charge on any atom is -0.296 e. The highest BCUT2D eigenvalue weighted by Gasteiger charge is 2.19. The molecule has 0 aliphatic rings. The summed E-state index contributed by atoms with van der Waals surface area (Å²) in [4.78, 5) is 10.9. The molecule has 0 unspecified atom stereocenters. The molecule has 3 nitrogen and oxygen atoms in total. The van der Waals surface area contributed by atoms with Crippen molar-refractivity contribution < 1.29 is 4.79 Å². The molecule has 0 aromatic carbocycles. The van der Waals surface area contributed by atoms with Gasteiger partial charge in [-0.2, -0.15) is 5.10 Å². The van der Waals surface area contributed by atoms with E-state index in [0.29, 0.717) is 11.6 Å². The van der Waals surface area contributed by atoms with Gasteiger partial charge < -0.3 is 0 Å². The van der Waals surface area contributed by atoms with Gasteiger partial charge in [-0.05, 0) is 39.2 Å². The standard InChI is InChI=1S/C12H20N2O/c1-9(2)6-10-7-11(8-15)14(13-10)12(3,4)5/h7-9H,6H2,1-5H3. The highest BCUT2D eigenvalue weighted by atomic mass is 16.1. The fraction of sp³-hybridized carbons (Fsp3) is 0.667. The smallest absolute Gasteiger partial charge is 0.168 e. The Morgan fingerprint density at radius 1 is 1.47 bits per heavy atom. The number of hydrogen-bond donors (Lipinski definition) is 0. The highest BCUT2D eigenvalue weighted by Crippen LogP contribution is 2.17. The fourth-order valence-electron chi connectivity index (χ4n) is 1.59. The number of hydrogen-bond acceptors (Lipinski definition) is 2. The largest absolute Gasteiger partial charge is 0.296 e. The summed E-state index contributed by atoms with van der Waals surface area (Å²) in [6, 6.07) is 1.89. The van der Waals surface area contributed by atoms with Crippen molar-refractivity contribution in [3.63, 3.8) is 0 Å². The Bertz CT molecular complexity index is 345. The predicted octanol–water partition coefficient (Wildman–Crippen LogP) is 2.65. The summed E-state index contributed by atoms with van der Waals surface area (Å²) in [7, 11) is 0. The van der Waals surface area contributed by atoms with Gasteiger partial charge in [-0.1, -0.05) is 13.8 Å². The lowest BCUT2D eigenvalue weighted by atomic mass is 10.1. The maximum absolute atomic E-state index is 10.9. The summed E-state index contributed by atoms with van der Waals surface area (Å²) in [5, 5.41) is 4.48. The molecule has 1 heterocycles. The first-order chi connectivity index (χ1) is 6.84. The van der Waals surface area contributed by atoms with Gasteiger partial charge in [0, 0.05) is 0 Å². The molecule has 15 heavy (non-hydrogen) atoms. The molecule has 1 aromatic rings. The van der Waals surface area contributed by atoms with E-state index in [2.05, 4.69) is 18.9 Å². The van der Waals surface area contributed by atoms with Crippen LogP contribution < -0.4 is 0 Å². The quantitative estimate of drug-likeness (QED) is 0.716. The highest BCUT2D eigenvalue weighted by molar-refractivity contribution is 5.72. The Hall–Kier alpha value is -1.12. The Kier molecular flexibility index (Phi) is 3.32. The zero-order valence-corrected chi connectivity index (χ0v) is 10.2. The molecule has 0 radical (unpaired) electrons. The maximum Gasteiger partial charge on any atom is 0.168 e. The second-order valence-electron chi connectivity index (χ2n) is 5.36. The first kappa shape index (κ1) is 12.0. The van der Waals surface area contributed by atoms with Crippen LogP contribution in [-0.2, 0) is 12.0 Å². The average Bonchev–Trinajstić information content (AvgIpc) is 2.45. The van der Waals surface area contributed by atoms with Gasteiger partial charge in [0.25, 0.3) is 0 Å². The molecule has 1 rings (SSSR count). The van der Waals surface area contributed by atoms with E-state index in [9.17, 15) is 4.79 Å². The number of carbonyl (C=O) groups is 1. The molecular formula is C12H20N2O. The van der Waals surface area contributed by atoms with Gasteiger partial charge in [0.05, 0.1) is 11.2 Å². The summed E-state index contributed by atoms with van der Waals surface area (Å²) in [6.07, 6.45) is 1.80. The van der Waals surface area contributed by atoms with Crippen molar-refractivity contribution in [2.75, 3.05) is 0 Å². The van der Waals surface area contributed by atoms with E-state index in [-0.39, 0.29) is 5.54 Å². The molecule has 0 aliphatic carbocycles. The summed E-state index contributed by atoms with van der Waals surface area (Å²) < 4.78 is 1.80. The molecule has 0 spiro atoms. The lowest BCUT2D eigenvalue weighted by molar-refractivity contribution is 0.110. The average molecular weight is 208 g/mol. The molecule has 0 aliphatic heterocycles. The number of aromatic nitrogens is 2. The van der Waals surface area contributed by atoms with Crippen LogP contribution in [0, 0.1) is 5.92 Å². The molecular weight excluding hydrogens is 188 g/mol. The molecule has 0 fully saturated rings. The molecule has 0 bridgehead atoms. The molecule has 0 atom stereocenters. The van der Waals surface area contributed by atoms with Crippen LogP contribution in [0.15, 0.2) is 6.07 Å². The normalized spacial score (nSPS) is 12.1. The monoisotopic (exact) mass is 208 g/mol. The minimum atomic E-state index is -0.133. The molecule has 3 heteroatoms. The van der Waals surface area contributed by atoms with Gasteiger partial charge in [0.15, 0.2) is 6.29 Å². The van der Waals surface area contributed by atoms with Crippen LogP contribution in [0.3, 0.4) is 0 Å². The summed E-state index contributed by atoms with van der Waals surface area (Å²) in [5.41, 5.74) is 1.53. The zero-order chi connectivity index (χ0) is 11.6. The van der Waals surface area contributed by atoms with E-state index in [1.54, 1.807) is 4.68 Å². The van der Waals surface area contributed by atoms with Crippen molar-refractivity contribution in [1.29, 1.82) is 0 Å². The topological polar surface area (TPSA) is 34.9 Å². The predicted molar refractivity (Wildman–Crippen MR) is 61.2 cm³/mol. The SMILES string of the molecule is CC(C)Cc1cc(C=O)n(C(C)(C)C)n1. The van der Waals surface area contributed by atoms with Gasteiger partial charge in [-0.15, -0.1) is 0 Å². The molecule has 1 aromatic heterocycles. The zero-order valence-electron chi connectivity index (χ0n) is 10.2. The third-order valence-corrected chi connectivity index (χ3v) is 2.16. The van der Waals surface area contributed by atoms with E-state index in [1.165, 1.54) is 0 Å². The van der Waals surface area contributed by atoms with E-state index in [4.69, 9.17) is 0 Å². The van der Waals surface area contributed by atoms with Crippen molar-refractivity contribution in [3.8, 4) is 0 Å².